The Hall–Kier alpha value is -2.64. The Morgan fingerprint density at radius 1 is 1.21 bits per heavy atom. The number of methoxy groups -OCH3 is 1. The van der Waals surface area contributed by atoms with Gasteiger partial charge in [0, 0.05) is 24.3 Å². The molecule has 33 heavy (non-hydrogen) atoms. The molecular weight excluding hydrogens is 428 g/mol. The van der Waals surface area contributed by atoms with E-state index < -0.39 is 52.7 Å². The maximum atomic E-state index is 13.9. The number of esters is 3. The molecule has 2 heterocycles. The second-order valence-electron chi connectivity index (χ2n) is 10.2. The fourth-order valence-electron chi connectivity index (χ4n) is 6.68. The molecule has 3 aliphatic rings. The summed E-state index contributed by atoms with van der Waals surface area (Å²) in [5.74, 6) is -3.19. The predicted molar refractivity (Wildman–Crippen MR) is 115 cm³/mol. The van der Waals surface area contributed by atoms with Crippen molar-refractivity contribution in [3.63, 3.8) is 0 Å². The first-order chi connectivity index (χ1) is 15.7. The highest BCUT2D eigenvalue weighted by atomic mass is 16.6. The van der Waals surface area contributed by atoms with E-state index in [9.17, 15) is 19.2 Å². The molecule has 4 rings (SSSR count). The van der Waals surface area contributed by atoms with Gasteiger partial charge in [0.15, 0.2) is 11.9 Å². The molecule has 0 radical (unpaired) electrons. The average Bonchev–Trinajstić information content (AvgIpc) is 3.29. The van der Waals surface area contributed by atoms with Gasteiger partial charge in [0.1, 0.15) is 6.10 Å². The minimum Gasteiger partial charge on any atom is -0.472 e. The van der Waals surface area contributed by atoms with E-state index in [1.807, 2.05) is 20.8 Å². The van der Waals surface area contributed by atoms with Gasteiger partial charge in [-0.1, -0.05) is 20.8 Å². The zero-order valence-corrected chi connectivity index (χ0v) is 19.6. The molecule has 1 aliphatic heterocycles. The molecule has 1 aromatic heterocycles. The lowest BCUT2D eigenvalue weighted by molar-refractivity contribution is -0.210. The van der Waals surface area contributed by atoms with Gasteiger partial charge < -0.3 is 18.6 Å². The number of hydrogen-bond acceptors (Lipinski definition) is 8. The van der Waals surface area contributed by atoms with Gasteiger partial charge in [0.25, 0.3) is 0 Å². The molecule has 1 aromatic rings. The van der Waals surface area contributed by atoms with Gasteiger partial charge in [0.2, 0.25) is 0 Å². The number of Topliss-reactive ketones (excluding diaryl/α,β-unsaturated/α-hetero) is 1. The second kappa shape index (κ2) is 8.61. The molecule has 8 heteroatoms. The summed E-state index contributed by atoms with van der Waals surface area (Å²) in [5, 5.41) is 0. The molecule has 3 fully saturated rings. The second-order valence-corrected chi connectivity index (χ2v) is 10.2. The number of carbonyl (C=O) groups is 4. The number of furan rings is 1. The van der Waals surface area contributed by atoms with Crippen molar-refractivity contribution in [2.45, 2.75) is 71.5 Å². The number of carbonyl (C=O) groups excluding carboxylic acids is 4. The molecule has 0 N–H and O–H groups in total. The third-order valence-electron chi connectivity index (χ3n) is 8.23. The third-order valence-corrected chi connectivity index (χ3v) is 8.23. The van der Waals surface area contributed by atoms with Crippen LogP contribution in [0, 0.1) is 28.6 Å². The van der Waals surface area contributed by atoms with Crippen LogP contribution in [0.5, 0.6) is 0 Å². The summed E-state index contributed by atoms with van der Waals surface area (Å²) in [6.45, 7) is 5.74. The summed E-state index contributed by atoms with van der Waals surface area (Å²) in [4.78, 5) is 52.2. The smallest absolute Gasteiger partial charge is 0.310 e. The van der Waals surface area contributed by atoms with Gasteiger partial charge >= 0.3 is 17.9 Å². The minimum atomic E-state index is -1.04. The van der Waals surface area contributed by atoms with Crippen LogP contribution >= 0.6 is 0 Å². The maximum absolute atomic E-state index is 13.9. The van der Waals surface area contributed by atoms with E-state index in [1.165, 1.54) is 13.4 Å². The van der Waals surface area contributed by atoms with Crippen LogP contribution in [0.1, 0.15) is 71.0 Å². The molecule has 0 aromatic carbocycles. The van der Waals surface area contributed by atoms with Gasteiger partial charge in [-0.3, -0.25) is 19.2 Å². The van der Waals surface area contributed by atoms with Crippen molar-refractivity contribution in [3.05, 3.63) is 24.2 Å². The highest BCUT2D eigenvalue weighted by molar-refractivity contribution is 5.93. The van der Waals surface area contributed by atoms with Gasteiger partial charge in [-0.2, -0.15) is 0 Å². The number of fused-ring (bicyclic) bond motifs is 3. The van der Waals surface area contributed by atoms with Crippen LogP contribution < -0.4 is 0 Å². The quantitative estimate of drug-likeness (QED) is 0.482. The van der Waals surface area contributed by atoms with Crippen LogP contribution in [-0.2, 0) is 33.4 Å². The standard InChI is InChI=1S/C25H32O8/c1-5-6-19(26)32-17-11-16(22(28)30-4)24(2)9-7-15-23(29)33-18(14-8-10-31-13-14)12-25(15,3)21(24)20(17)27/h8,10,13,15-18,21H,5-7,9,11-12H2,1-4H3/t15-,16-,17-,18+,21-,24-,25-/m0/s1. The first kappa shape index (κ1) is 23.5. The number of ketones is 1. The Morgan fingerprint density at radius 3 is 2.61 bits per heavy atom. The molecule has 0 spiro atoms. The van der Waals surface area contributed by atoms with E-state index in [-0.39, 0.29) is 24.6 Å². The van der Waals surface area contributed by atoms with Crippen molar-refractivity contribution in [2.75, 3.05) is 7.11 Å². The number of hydrogen-bond donors (Lipinski definition) is 0. The lowest BCUT2D eigenvalue weighted by Gasteiger charge is -2.61. The normalized spacial score (nSPS) is 38.0. The van der Waals surface area contributed by atoms with E-state index in [4.69, 9.17) is 18.6 Å². The first-order valence-corrected chi connectivity index (χ1v) is 11.7. The molecule has 0 unspecified atom stereocenters. The topological polar surface area (TPSA) is 109 Å². The van der Waals surface area contributed by atoms with Gasteiger partial charge in [-0.15, -0.1) is 0 Å². The molecule has 7 atom stereocenters. The van der Waals surface area contributed by atoms with E-state index >= 15 is 0 Å². The van der Waals surface area contributed by atoms with Crippen LogP contribution in [0.25, 0.3) is 0 Å². The summed E-state index contributed by atoms with van der Waals surface area (Å²) in [6, 6.07) is 1.75. The molecule has 0 amide bonds. The van der Waals surface area contributed by atoms with E-state index in [2.05, 4.69) is 0 Å². The Morgan fingerprint density at radius 2 is 1.97 bits per heavy atom. The molecule has 2 aliphatic carbocycles. The van der Waals surface area contributed by atoms with E-state index in [0.717, 1.165) is 5.56 Å². The summed E-state index contributed by atoms with van der Waals surface area (Å²) < 4.78 is 21.6. The lowest BCUT2D eigenvalue weighted by Crippen LogP contribution is -2.64. The minimum absolute atomic E-state index is 0.102. The van der Waals surface area contributed by atoms with Gasteiger partial charge in [-0.25, -0.2) is 0 Å². The summed E-state index contributed by atoms with van der Waals surface area (Å²) in [6.07, 6.45) is 3.81. The van der Waals surface area contributed by atoms with Gasteiger partial charge in [0.05, 0.1) is 31.5 Å². The Kier molecular flexibility index (Phi) is 6.14. The zero-order chi connectivity index (χ0) is 24.0. The Labute approximate surface area is 193 Å². The third kappa shape index (κ3) is 3.77. The molecular formula is C25H32O8. The number of ether oxygens (including phenoxy) is 3. The van der Waals surface area contributed by atoms with Crippen molar-refractivity contribution in [1.29, 1.82) is 0 Å². The number of cyclic esters (lactones) is 1. The summed E-state index contributed by atoms with van der Waals surface area (Å²) in [5.41, 5.74) is -0.764. The van der Waals surface area contributed by atoms with Crippen molar-refractivity contribution in [1.82, 2.24) is 0 Å². The largest absolute Gasteiger partial charge is 0.472 e. The summed E-state index contributed by atoms with van der Waals surface area (Å²) in [7, 11) is 1.33. The molecule has 0 bridgehead atoms. The van der Waals surface area contributed by atoms with Crippen LogP contribution in [0.15, 0.2) is 23.0 Å². The highest BCUT2D eigenvalue weighted by Crippen LogP contribution is 2.65. The first-order valence-electron chi connectivity index (χ1n) is 11.7. The zero-order valence-electron chi connectivity index (χ0n) is 19.6. The predicted octanol–water partition coefficient (Wildman–Crippen LogP) is 3.78. The maximum Gasteiger partial charge on any atom is 0.310 e. The van der Waals surface area contributed by atoms with Crippen LogP contribution in [0.3, 0.4) is 0 Å². The SMILES string of the molecule is CCCC(=O)O[C@H]1C[C@@H](C(=O)OC)[C@]2(C)CC[C@H]3C(=O)O[C@@H](c4ccoc4)C[C@]3(C)[C@H]2C1=O. The monoisotopic (exact) mass is 460 g/mol. The highest BCUT2D eigenvalue weighted by Gasteiger charge is 2.67. The van der Waals surface area contributed by atoms with E-state index in [0.29, 0.717) is 25.7 Å². The van der Waals surface area contributed by atoms with Crippen molar-refractivity contribution in [3.8, 4) is 0 Å². The molecule has 8 nitrogen and oxygen atoms in total. The van der Waals surface area contributed by atoms with E-state index in [1.54, 1.807) is 12.3 Å². The van der Waals surface area contributed by atoms with Crippen LogP contribution in [0.2, 0.25) is 0 Å². The Balaban J connectivity index is 1.76. The lowest BCUT2D eigenvalue weighted by atomic mass is 9.43. The average molecular weight is 461 g/mol. The van der Waals surface area contributed by atoms with Crippen molar-refractivity contribution < 1.29 is 37.8 Å². The molecule has 2 saturated carbocycles. The van der Waals surface area contributed by atoms with Crippen molar-refractivity contribution in [2.24, 2.45) is 28.6 Å². The molecule has 180 valence electrons. The Bertz CT molecular complexity index is 936. The van der Waals surface area contributed by atoms with Gasteiger partial charge in [-0.05, 0) is 42.6 Å². The van der Waals surface area contributed by atoms with Crippen molar-refractivity contribution >= 4 is 23.7 Å². The fourth-order valence-corrected chi connectivity index (χ4v) is 6.68. The fraction of sp³-hybridized carbons (Fsp3) is 0.680. The summed E-state index contributed by atoms with van der Waals surface area (Å²) >= 11 is 0. The number of rotatable bonds is 5. The van der Waals surface area contributed by atoms with Crippen LogP contribution in [0.4, 0.5) is 0 Å². The van der Waals surface area contributed by atoms with Crippen LogP contribution in [-0.4, -0.2) is 36.9 Å². The molecule has 1 saturated heterocycles.